The van der Waals surface area contributed by atoms with Gasteiger partial charge in [-0.1, -0.05) is 48.5 Å². The first kappa shape index (κ1) is 18.5. The lowest BCUT2D eigenvalue weighted by atomic mass is 10.1. The van der Waals surface area contributed by atoms with Crippen LogP contribution in [-0.2, 0) is 0 Å². The van der Waals surface area contributed by atoms with Gasteiger partial charge >= 0.3 is 0 Å². The molecule has 0 fully saturated rings. The Labute approximate surface area is 169 Å². The van der Waals surface area contributed by atoms with Gasteiger partial charge in [0.15, 0.2) is 0 Å². The van der Waals surface area contributed by atoms with Crippen molar-refractivity contribution in [3.05, 3.63) is 103 Å². The second-order valence-corrected chi connectivity index (χ2v) is 6.46. The molecule has 144 valence electrons. The molecule has 4 rings (SSSR count). The molecule has 0 aliphatic rings. The Bertz CT molecular complexity index is 1060. The molecular formula is C24H21N3O2. The van der Waals surface area contributed by atoms with Crippen molar-refractivity contribution in [3.63, 3.8) is 0 Å². The summed E-state index contributed by atoms with van der Waals surface area (Å²) in [6.07, 6.45) is 3.58. The maximum atomic E-state index is 12.4. The monoisotopic (exact) mass is 383 g/mol. The molecule has 5 nitrogen and oxygen atoms in total. The van der Waals surface area contributed by atoms with Gasteiger partial charge in [0.25, 0.3) is 5.91 Å². The minimum Gasteiger partial charge on any atom is -0.491 e. The normalized spacial score (nSPS) is 10.5. The lowest BCUT2D eigenvalue weighted by molar-refractivity contribution is 0.0947. The smallest absolute Gasteiger partial charge is 0.251 e. The molecule has 0 aliphatic carbocycles. The number of amides is 1. The summed E-state index contributed by atoms with van der Waals surface area (Å²) in [4.78, 5) is 12.4. The zero-order chi connectivity index (χ0) is 19.9. The summed E-state index contributed by atoms with van der Waals surface area (Å²) in [6, 6.07) is 27.2. The number of ether oxygens (including phenoxy) is 1. The number of nitrogens with zero attached hydrogens (tertiary/aromatic N) is 2. The van der Waals surface area contributed by atoms with E-state index in [1.165, 1.54) is 0 Å². The van der Waals surface area contributed by atoms with Crippen molar-refractivity contribution in [3.8, 4) is 22.6 Å². The van der Waals surface area contributed by atoms with Crippen molar-refractivity contribution in [2.45, 2.75) is 0 Å². The van der Waals surface area contributed by atoms with Gasteiger partial charge in [0.1, 0.15) is 12.4 Å². The number of rotatable bonds is 7. The first-order valence-corrected chi connectivity index (χ1v) is 9.47. The third-order valence-electron chi connectivity index (χ3n) is 4.52. The van der Waals surface area contributed by atoms with Crippen LogP contribution in [0.4, 0.5) is 0 Å². The third kappa shape index (κ3) is 4.52. The van der Waals surface area contributed by atoms with Crippen LogP contribution in [0.5, 0.6) is 5.75 Å². The van der Waals surface area contributed by atoms with E-state index in [1.54, 1.807) is 23.0 Å². The molecule has 1 amide bonds. The molecule has 0 saturated heterocycles. The Balaban J connectivity index is 1.32. The molecule has 0 bridgehead atoms. The van der Waals surface area contributed by atoms with Crippen LogP contribution in [0.25, 0.3) is 16.8 Å². The molecule has 4 aromatic rings. The highest BCUT2D eigenvalue weighted by Crippen LogP contribution is 2.29. The zero-order valence-electron chi connectivity index (χ0n) is 15.9. The van der Waals surface area contributed by atoms with Crippen molar-refractivity contribution in [2.24, 2.45) is 0 Å². The van der Waals surface area contributed by atoms with Gasteiger partial charge in [-0.05, 0) is 42.0 Å². The Morgan fingerprint density at radius 1 is 0.897 bits per heavy atom. The lowest BCUT2D eigenvalue weighted by Crippen LogP contribution is -2.28. The molecule has 0 unspecified atom stereocenters. The van der Waals surface area contributed by atoms with E-state index in [0.29, 0.717) is 18.7 Å². The van der Waals surface area contributed by atoms with Gasteiger partial charge in [0, 0.05) is 23.5 Å². The number of carbonyl (C=O) groups is 1. The average molecular weight is 383 g/mol. The fourth-order valence-corrected chi connectivity index (χ4v) is 3.06. The summed E-state index contributed by atoms with van der Waals surface area (Å²) in [7, 11) is 0. The highest BCUT2D eigenvalue weighted by molar-refractivity contribution is 5.94. The fourth-order valence-electron chi connectivity index (χ4n) is 3.06. The number of para-hydroxylation sites is 1. The van der Waals surface area contributed by atoms with Gasteiger partial charge < -0.3 is 10.1 Å². The average Bonchev–Trinajstić information content (AvgIpc) is 3.33. The highest BCUT2D eigenvalue weighted by atomic mass is 16.5. The van der Waals surface area contributed by atoms with Crippen LogP contribution < -0.4 is 10.1 Å². The number of hydrogen-bond donors (Lipinski definition) is 1. The maximum Gasteiger partial charge on any atom is 0.251 e. The molecule has 0 saturated carbocycles. The molecule has 0 atom stereocenters. The first-order valence-electron chi connectivity index (χ1n) is 9.47. The SMILES string of the molecule is O=C(NCCOc1ccccc1-c1ccccc1)c1ccc(-n2cccn2)cc1. The number of nitrogens with one attached hydrogen (secondary N) is 1. The third-order valence-corrected chi connectivity index (χ3v) is 4.52. The van der Waals surface area contributed by atoms with E-state index in [-0.39, 0.29) is 5.91 Å². The van der Waals surface area contributed by atoms with Crippen molar-refractivity contribution in [2.75, 3.05) is 13.2 Å². The van der Waals surface area contributed by atoms with Crippen molar-refractivity contribution < 1.29 is 9.53 Å². The van der Waals surface area contributed by atoms with Crippen LogP contribution >= 0.6 is 0 Å². The predicted molar refractivity (Wildman–Crippen MR) is 113 cm³/mol. The van der Waals surface area contributed by atoms with E-state index in [2.05, 4.69) is 22.5 Å². The van der Waals surface area contributed by atoms with E-state index >= 15 is 0 Å². The molecule has 1 aromatic heterocycles. The summed E-state index contributed by atoms with van der Waals surface area (Å²) in [6.45, 7) is 0.809. The topological polar surface area (TPSA) is 56.1 Å². The minimum absolute atomic E-state index is 0.128. The zero-order valence-corrected chi connectivity index (χ0v) is 15.9. The molecule has 5 heteroatoms. The second kappa shape index (κ2) is 8.89. The van der Waals surface area contributed by atoms with Crippen LogP contribution in [0.15, 0.2) is 97.3 Å². The summed E-state index contributed by atoms with van der Waals surface area (Å²) < 4.78 is 7.67. The fraction of sp³-hybridized carbons (Fsp3) is 0.0833. The van der Waals surface area contributed by atoms with Gasteiger partial charge in [-0.3, -0.25) is 4.79 Å². The van der Waals surface area contributed by atoms with E-state index in [1.807, 2.05) is 66.9 Å². The maximum absolute atomic E-state index is 12.4. The van der Waals surface area contributed by atoms with E-state index in [9.17, 15) is 4.79 Å². The van der Waals surface area contributed by atoms with Gasteiger partial charge in [-0.25, -0.2) is 4.68 Å². The molecule has 1 heterocycles. The second-order valence-electron chi connectivity index (χ2n) is 6.46. The van der Waals surface area contributed by atoms with Crippen LogP contribution in [0.2, 0.25) is 0 Å². The number of hydrogen-bond acceptors (Lipinski definition) is 3. The molecule has 0 radical (unpaired) electrons. The Kier molecular flexibility index (Phi) is 5.67. The summed E-state index contributed by atoms with van der Waals surface area (Å²) in [5.74, 6) is 0.675. The van der Waals surface area contributed by atoms with E-state index < -0.39 is 0 Å². The van der Waals surface area contributed by atoms with Crippen LogP contribution in [0.1, 0.15) is 10.4 Å². The van der Waals surface area contributed by atoms with E-state index in [4.69, 9.17) is 4.74 Å². The van der Waals surface area contributed by atoms with Gasteiger partial charge in [0.2, 0.25) is 0 Å². The molecule has 0 aliphatic heterocycles. The summed E-state index contributed by atoms with van der Waals surface area (Å²) in [5, 5.41) is 7.08. The first-order chi connectivity index (χ1) is 14.3. The summed E-state index contributed by atoms with van der Waals surface area (Å²) >= 11 is 0. The van der Waals surface area contributed by atoms with Gasteiger partial charge in [-0.15, -0.1) is 0 Å². The van der Waals surface area contributed by atoms with Gasteiger partial charge in [0.05, 0.1) is 12.2 Å². The standard InChI is InChI=1S/C24H21N3O2/c28-24(20-11-13-21(14-12-20)27-17-6-15-26-27)25-16-18-29-23-10-5-4-9-22(23)19-7-2-1-3-8-19/h1-15,17H,16,18H2,(H,25,28). The highest BCUT2D eigenvalue weighted by Gasteiger charge is 2.07. The van der Waals surface area contributed by atoms with Crippen molar-refractivity contribution in [1.29, 1.82) is 0 Å². The Hall–Kier alpha value is -3.86. The van der Waals surface area contributed by atoms with Crippen LogP contribution in [0.3, 0.4) is 0 Å². The number of carbonyl (C=O) groups excluding carboxylic acids is 1. The molecular weight excluding hydrogens is 362 g/mol. The van der Waals surface area contributed by atoms with E-state index in [0.717, 1.165) is 22.6 Å². The van der Waals surface area contributed by atoms with Crippen molar-refractivity contribution >= 4 is 5.91 Å². The quantitative estimate of drug-likeness (QED) is 0.483. The predicted octanol–water partition coefficient (Wildman–Crippen LogP) is 4.35. The largest absolute Gasteiger partial charge is 0.491 e. The Morgan fingerprint density at radius 3 is 2.41 bits per heavy atom. The minimum atomic E-state index is -0.128. The molecule has 1 N–H and O–H groups in total. The summed E-state index contributed by atoms with van der Waals surface area (Å²) in [5.41, 5.74) is 3.65. The van der Waals surface area contributed by atoms with Crippen molar-refractivity contribution in [1.82, 2.24) is 15.1 Å². The van der Waals surface area contributed by atoms with Crippen LogP contribution in [0, 0.1) is 0 Å². The number of aromatic nitrogens is 2. The van der Waals surface area contributed by atoms with Crippen LogP contribution in [-0.4, -0.2) is 28.8 Å². The molecule has 29 heavy (non-hydrogen) atoms. The Morgan fingerprint density at radius 2 is 1.66 bits per heavy atom. The number of benzene rings is 3. The molecule has 0 spiro atoms. The van der Waals surface area contributed by atoms with Gasteiger partial charge in [-0.2, -0.15) is 5.10 Å². The lowest BCUT2D eigenvalue weighted by Gasteiger charge is -2.12. The molecule has 3 aromatic carbocycles.